The summed E-state index contributed by atoms with van der Waals surface area (Å²) in [4.78, 5) is 23.0. The SMILES string of the molecule is Cc1ccnc([C@H]2CN(C(=O)c3cccn3C)CCO2)n1. The second-order valence-electron chi connectivity index (χ2n) is 5.17. The molecule has 3 heterocycles. The summed E-state index contributed by atoms with van der Waals surface area (Å²) in [6.07, 6.45) is 3.33. The van der Waals surface area contributed by atoms with Crippen LogP contribution in [0, 0.1) is 6.92 Å². The van der Waals surface area contributed by atoms with Crippen molar-refractivity contribution in [1.82, 2.24) is 19.4 Å². The molecule has 1 amide bonds. The van der Waals surface area contributed by atoms with Gasteiger partial charge in [-0.25, -0.2) is 9.97 Å². The van der Waals surface area contributed by atoms with E-state index < -0.39 is 0 Å². The highest BCUT2D eigenvalue weighted by molar-refractivity contribution is 5.92. The number of amides is 1. The summed E-state index contributed by atoms with van der Waals surface area (Å²) in [7, 11) is 1.87. The van der Waals surface area contributed by atoms with Gasteiger partial charge in [-0.05, 0) is 25.1 Å². The number of ether oxygens (including phenoxy) is 1. The van der Waals surface area contributed by atoms with Gasteiger partial charge in [-0.3, -0.25) is 4.79 Å². The third kappa shape index (κ3) is 2.80. The maximum Gasteiger partial charge on any atom is 0.270 e. The number of hydrogen-bond donors (Lipinski definition) is 0. The maximum atomic E-state index is 12.5. The van der Waals surface area contributed by atoms with Crippen LogP contribution < -0.4 is 0 Å². The van der Waals surface area contributed by atoms with Gasteiger partial charge in [0.1, 0.15) is 11.8 Å². The van der Waals surface area contributed by atoms with E-state index in [1.807, 2.05) is 42.9 Å². The Morgan fingerprint density at radius 1 is 1.43 bits per heavy atom. The quantitative estimate of drug-likeness (QED) is 0.836. The Morgan fingerprint density at radius 3 is 3.00 bits per heavy atom. The summed E-state index contributed by atoms with van der Waals surface area (Å²) in [5.41, 5.74) is 1.58. The van der Waals surface area contributed by atoms with Crippen LogP contribution in [0.3, 0.4) is 0 Å². The summed E-state index contributed by atoms with van der Waals surface area (Å²) in [5, 5.41) is 0. The first-order valence-corrected chi connectivity index (χ1v) is 6.97. The second-order valence-corrected chi connectivity index (χ2v) is 5.17. The molecule has 6 nitrogen and oxygen atoms in total. The fourth-order valence-electron chi connectivity index (χ4n) is 2.46. The first kappa shape index (κ1) is 13.8. The number of morpholine rings is 1. The third-order valence-corrected chi connectivity index (χ3v) is 3.62. The van der Waals surface area contributed by atoms with Gasteiger partial charge >= 0.3 is 0 Å². The molecule has 1 fully saturated rings. The van der Waals surface area contributed by atoms with Crippen LogP contribution in [-0.2, 0) is 11.8 Å². The molecule has 3 rings (SSSR count). The number of carbonyl (C=O) groups excluding carboxylic acids is 1. The molecule has 0 saturated carbocycles. The maximum absolute atomic E-state index is 12.5. The third-order valence-electron chi connectivity index (χ3n) is 3.62. The Labute approximate surface area is 123 Å². The summed E-state index contributed by atoms with van der Waals surface area (Å²) in [6.45, 7) is 3.48. The van der Waals surface area contributed by atoms with Gasteiger partial charge in [-0.15, -0.1) is 0 Å². The predicted octanol–water partition coefficient (Wildman–Crippen LogP) is 1.34. The molecule has 6 heteroatoms. The van der Waals surface area contributed by atoms with Gasteiger partial charge in [-0.2, -0.15) is 0 Å². The molecule has 0 bridgehead atoms. The monoisotopic (exact) mass is 286 g/mol. The van der Waals surface area contributed by atoms with Gasteiger partial charge < -0.3 is 14.2 Å². The lowest BCUT2D eigenvalue weighted by Crippen LogP contribution is -2.43. The first-order valence-electron chi connectivity index (χ1n) is 6.97. The van der Waals surface area contributed by atoms with E-state index >= 15 is 0 Å². The van der Waals surface area contributed by atoms with Crippen LogP contribution in [-0.4, -0.2) is 45.0 Å². The number of aryl methyl sites for hydroxylation is 2. The van der Waals surface area contributed by atoms with E-state index in [4.69, 9.17) is 4.74 Å². The van der Waals surface area contributed by atoms with E-state index in [1.165, 1.54) is 0 Å². The van der Waals surface area contributed by atoms with Crippen molar-refractivity contribution in [2.24, 2.45) is 7.05 Å². The number of rotatable bonds is 2. The normalized spacial score (nSPS) is 18.8. The fourth-order valence-corrected chi connectivity index (χ4v) is 2.46. The van der Waals surface area contributed by atoms with Crippen molar-refractivity contribution < 1.29 is 9.53 Å². The average Bonchev–Trinajstić information content (AvgIpc) is 2.93. The van der Waals surface area contributed by atoms with E-state index in [-0.39, 0.29) is 12.0 Å². The van der Waals surface area contributed by atoms with E-state index in [2.05, 4.69) is 9.97 Å². The topological polar surface area (TPSA) is 60.2 Å². The zero-order chi connectivity index (χ0) is 14.8. The summed E-state index contributed by atoms with van der Waals surface area (Å²) in [5.74, 6) is 0.655. The zero-order valence-corrected chi connectivity index (χ0v) is 12.2. The standard InChI is InChI=1S/C15H18N4O2/c1-11-5-6-16-14(17-11)13-10-19(8-9-21-13)15(20)12-4-3-7-18(12)2/h3-7,13H,8-10H2,1-2H3/t13-/m1/s1. The zero-order valence-electron chi connectivity index (χ0n) is 12.2. The molecule has 0 N–H and O–H groups in total. The lowest BCUT2D eigenvalue weighted by atomic mass is 10.2. The molecule has 2 aromatic heterocycles. The molecule has 21 heavy (non-hydrogen) atoms. The van der Waals surface area contributed by atoms with Gasteiger partial charge in [0, 0.05) is 31.7 Å². The van der Waals surface area contributed by atoms with Gasteiger partial charge in [0.25, 0.3) is 5.91 Å². The minimum Gasteiger partial charge on any atom is -0.367 e. The Kier molecular flexibility index (Phi) is 3.70. The molecular formula is C15H18N4O2. The van der Waals surface area contributed by atoms with E-state index in [1.54, 1.807) is 11.1 Å². The van der Waals surface area contributed by atoms with Crippen molar-refractivity contribution >= 4 is 5.91 Å². The molecule has 1 aliphatic heterocycles. The van der Waals surface area contributed by atoms with E-state index in [9.17, 15) is 4.79 Å². The molecule has 0 aromatic carbocycles. The minimum absolute atomic E-state index is 0.0171. The molecule has 1 aliphatic rings. The molecule has 0 aliphatic carbocycles. The van der Waals surface area contributed by atoms with Crippen LogP contribution in [0.1, 0.15) is 28.1 Å². The number of carbonyl (C=O) groups is 1. The van der Waals surface area contributed by atoms with Crippen molar-refractivity contribution in [1.29, 1.82) is 0 Å². The highest BCUT2D eigenvalue weighted by atomic mass is 16.5. The van der Waals surface area contributed by atoms with Crippen LogP contribution in [0.5, 0.6) is 0 Å². The molecule has 0 unspecified atom stereocenters. The fraction of sp³-hybridized carbons (Fsp3) is 0.400. The highest BCUT2D eigenvalue weighted by Gasteiger charge is 2.28. The Morgan fingerprint density at radius 2 is 2.29 bits per heavy atom. The molecule has 0 radical (unpaired) electrons. The van der Waals surface area contributed by atoms with Crippen molar-refractivity contribution in [2.75, 3.05) is 19.7 Å². The van der Waals surface area contributed by atoms with E-state index in [0.29, 0.717) is 31.2 Å². The van der Waals surface area contributed by atoms with Crippen molar-refractivity contribution in [3.05, 3.63) is 47.8 Å². The number of nitrogens with zero attached hydrogens (tertiary/aromatic N) is 4. The lowest BCUT2D eigenvalue weighted by molar-refractivity contribution is -0.0271. The van der Waals surface area contributed by atoms with Crippen LogP contribution in [0.15, 0.2) is 30.6 Å². The predicted molar refractivity (Wildman–Crippen MR) is 76.8 cm³/mol. The smallest absolute Gasteiger partial charge is 0.270 e. The summed E-state index contributed by atoms with van der Waals surface area (Å²) >= 11 is 0. The molecule has 0 spiro atoms. The van der Waals surface area contributed by atoms with Gasteiger partial charge in [0.15, 0.2) is 5.82 Å². The second kappa shape index (κ2) is 5.65. The average molecular weight is 286 g/mol. The van der Waals surface area contributed by atoms with Crippen LogP contribution in [0.4, 0.5) is 0 Å². The van der Waals surface area contributed by atoms with Crippen molar-refractivity contribution in [3.63, 3.8) is 0 Å². The first-order chi connectivity index (χ1) is 10.1. The van der Waals surface area contributed by atoms with Crippen LogP contribution >= 0.6 is 0 Å². The Bertz CT molecular complexity index is 653. The van der Waals surface area contributed by atoms with Crippen LogP contribution in [0.25, 0.3) is 0 Å². The molecule has 1 atom stereocenters. The lowest BCUT2D eigenvalue weighted by Gasteiger charge is -2.32. The minimum atomic E-state index is -0.261. The largest absolute Gasteiger partial charge is 0.367 e. The summed E-state index contributed by atoms with van der Waals surface area (Å²) in [6, 6.07) is 5.55. The molecule has 1 saturated heterocycles. The van der Waals surface area contributed by atoms with Crippen LogP contribution in [0.2, 0.25) is 0 Å². The van der Waals surface area contributed by atoms with Gasteiger partial charge in [0.05, 0.1) is 13.2 Å². The number of hydrogen-bond acceptors (Lipinski definition) is 4. The van der Waals surface area contributed by atoms with Crippen molar-refractivity contribution in [3.8, 4) is 0 Å². The molecule has 110 valence electrons. The Hall–Kier alpha value is -2.21. The summed E-state index contributed by atoms with van der Waals surface area (Å²) < 4.78 is 7.55. The van der Waals surface area contributed by atoms with Gasteiger partial charge in [-0.1, -0.05) is 0 Å². The molecular weight excluding hydrogens is 268 g/mol. The number of aromatic nitrogens is 3. The van der Waals surface area contributed by atoms with Crippen molar-refractivity contribution in [2.45, 2.75) is 13.0 Å². The highest BCUT2D eigenvalue weighted by Crippen LogP contribution is 2.20. The van der Waals surface area contributed by atoms with E-state index in [0.717, 1.165) is 5.69 Å². The van der Waals surface area contributed by atoms with Gasteiger partial charge in [0.2, 0.25) is 0 Å². The molecule has 2 aromatic rings. The Balaban J connectivity index is 1.77.